The lowest BCUT2D eigenvalue weighted by Crippen LogP contribution is -2.14. The number of anilines is 1. The fourth-order valence-electron chi connectivity index (χ4n) is 1.28. The number of primary sulfonamides is 1. The lowest BCUT2D eigenvalue weighted by Gasteiger charge is -2.06. The van der Waals surface area contributed by atoms with E-state index < -0.39 is 25.5 Å². The molecule has 94 valence electrons. The topological polar surface area (TPSA) is 115 Å². The largest absolute Gasteiger partial charge is 0.385 e. The first kappa shape index (κ1) is 13.4. The standard InChI is InChI=1S/C9H13N3O4S/c1-2-5-11-7-3-4-9(17(10,15)16)8(6-7)12(13)14/h3-4,6,11H,2,5H2,1H3,(H2,10,15,16). The van der Waals surface area contributed by atoms with Gasteiger partial charge in [0.25, 0.3) is 5.69 Å². The first-order valence-electron chi connectivity index (χ1n) is 4.91. The van der Waals surface area contributed by atoms with Gasteiger partial charge >= 0.3 is 0 Å². The predicted molar refractivity (Wildman–Crippen MR) is 63.3 cm³/mol. The van der Waals surface area contributed by atoms with Gasteiger partial charge in [-0.2, -0.15) is 0 Å². The van der Waals surface area contributed by atoms with Gasteiger partial charge in [0.1, 0.15) is 0 Å². The summed E-state index contributed by atoms with van der Waals surface area (Å²) >= 11 is 0. The number of hydrogen-bond donors (Lipinski definition) is 2. The fraction of sp³-hybridized carbons (Fsp3) is 0.333. The number of nitro benzene ring substituents is 1. The Balaban J connectivity index is 3.23. The molecular weight excluding hydrogens is 246 g/mol. The maximum absolute atomic E-state index is 11.1. The molecular formula is C9H13N3O4S. The Morgan fingerprint density at radius 2 is 2.12 bits per heavy atom. The summed E-state index contributed by atoms with van der Waals surface area (Å²) in [6.45, 7) is 2.59. The summed E-state index contributed by atoms with van der Waals surface area (Å²) in [4.78, 5) is 9.50. The molecule has 0 bridgehead atoms. The zero-order valence-corrected chi connectivity index (χ0v) is 10.0. The van der Waals surface area contributed by atoms with Gasteiger partial charge < -0.3 is 5.32 Å². The van der Waals surface area contributed by atoms with Gasteiger partial charge in [-0.1, -0.05) is 6.92 Å². The van der Waals surface area contributed by atoms with Crippen molar-refractivity contribution in [3.05, 3.63) is 28.3 Å². The highest BCUT2D eigenvalue weighted by molar-refractivity contribution is 7.89. The van der Waals surface area contributed by atoms with E-state index in [0.29, 0.717) is 12.2 Å². The van der Waals surface area contributed by atoms with Crippen molar-refractivity contribution in [3.63, 3.8) is 0 Å². The average molecular weight is 259 g/mol. The Hall–Kier alpha value is -1.67. The zero-order chi connectivity index (χ0) is 13.1. The van der Waals surface area contributed by atoms with Gasteiger partial charge in [-0.15, -0.1) is 0 Å². The van der Waals surface area contributed by atoms with E-state index in [-0.39, 0.29) is 0 Å². The zero-order valence-electron chi connectivity index (χ0n) is 9.21. The van der Waals surface area contributed by atoms with E-state index in [4.69, 9.17) is 5.14 Å². The van der Waals surface area contributed by atoms with Gasteiger partial charge in [-0.3, -0.25) is 10.1 Å². The third kappa shape index (κ3) is 3.40. The van der Waals surface area contributed by atoms with Crippen molar-refractivity contribution in [2.24, 2.45) is 5.14 Å². The van der Waals surface area contributed by atoms with E-state index in [0.717, 1.165) is 18.6 Å². The van der Waals surface area contributed by atoms with Crippen molar-refractivity contribution >= 4 is 21.4 Å². The molecule has 1 aromatic rings. The van der Waals surface area contributed by atoms with E-state index in [1.165, 1.54) is 6.07 Å². The van der Waals surface area contributed by atoms with Gasteiger partial charge in [0.15, 0.2) is 4.90 Å². The number of nitrogens with one attached hydrogen (secondary N) is 1. The molecule has 0 aliphatic carbocycles. The summed E-state index contributed by atoms with van der Waals surface area (Å²) < 4.78 is 22.3. The van der Waals surface area contributed by atoms with Gasteiger partial charge in [-0.25, -0.2) is 13.6 Å². The van der Waals surface area contributed by atoms with Gasteiger partial charge in [-0.05, 0) is 18.6 Å². The Kier molecular flexibility index (Phi) is 4.02. The number of benzene rings is 1. The Labute approximate surface area is 98.8 Å². The number of rotatable bonds is 5. The highest BCUT2D eigenvalue weighted by Crippen LogP contribution is 2.26. The second kappa shape index (κ2) is 5.11. The van der Waals surface area contributed by atoms with Crippen LogP contribution in [0, 0.1) is 10.1 Å². The quantitative estimate of drug-likeness (QED) is 0.606. The minimum atomic E-state index is -4.09. The van der Waals surface area contributed by atoms with Crippen molar-refractivity contribution in [3.8, 4) is 0 Å². The van der Waals surface area contributed by atoms with Crippen LogP contribution in [0.1, 0.15) is 13.3 Å². The Morgan fingerprint density at radius 3 is 2.59 bits per heavy atom. The molecule has 0 radical (unpaired) electrons. The molecule has 8 heteroatoms. The molecule has 3 N–H and O–H groups in total. The van der Waals surface area contributed by atoms with Gasteiger partial charge in [0.2, 0.25) is 10.0 Å². The molecule has 0 heterocycles. The number of hydrogen-bond acceptors (Lipinski definition) is 5. The first-order valence-corrected chi connectivity index (χ1v) is 6.46. The number of nitrogens with two attached hydrogens (primary N) is 1. The van der Waals surface area contributed by atoms with Gasteiger partial charge in [0, 0.05) is 18.3 Å². The monoisotopic (exact) mass is 259 g/mol. The van der Waals surface area contributed by atoms with Crippen LogP contribution in [-0.2, 0) is 10.0 Å². The SMILES string of the molecule is CCCNc1ccc(S(N)(=O)=O)c([N+](=O)[O-])c1. The maximum Gasteiger partial charge on any atom is 0.291 e. The fourth-order valence-corrected chi connectivity index (χ4v) is 1.96. The number of nitro groups is 1. The van der Waals surface area contributed by atoms with Crippen molar-refractivity contribution in [2.45, 2.75) is 18.2 Å². The molecule has 0 saturated heterocycles. The number of sulfonamides is 1. The van der Waals surface area contributed by atoms with E-state index in [9.17, 15) is 18.5 Å². The summed E-state index contributed by atoms with van der Waals surface area (Å²) in [5.74, 6) is 0. The second-order valence-corrected chi connectivity index (χ2v) is 4.94. The van der Waals surface area contributed by atoms with Crippen LogP contribution < -0.4 is 10.5 Å². The molecule has 0 atom stereocenters. The molecule has 0 saturated carbocycles. The molecule has 0 aliphatic heterocycles. The first-order chi connectivity index (χ1) is 7.86. The minimum absolute atomic E-state index is 0.482. The average Bonchev–Trinajstić information content (AvgIpc) is 2.24. The molecule has 0 unspecified atom stereocenters. The Bertz CT molecular complexity index is 527. The van der Waals surface area contributed by atoms with Crippen molar-refractivity contribution < 1.29 is 13.3 Å². The smallest absolute Gasteiger partial charge is 0.291 e. The predicted octanol–water partition coefficient (Wildman–Crippen LogP) is 1.06. The summed E-state index contributed by atoms with van der Waals surface area (Å²) in [6.07, 6.45) is 0.852. The van der Waals surface area contributed by atoms with Crippen molar-refractivity contribution in [1.82, 2.24) is 0 Å². The van der Waals surface area contributed by atoms with Crippen molar-refractivity contribution in [2.75, 3.05) is 11.9 Å². The maximum atomic E-state index is 11.1. The van der Waals surface area contributed by atoms with Crippen LogP contribution in [0.15, 0.2) is 23.1 Å². The third-order valence-electron chi connectivity index (χ3n) is 2.04. The van der Waals surface area contributed by atoms with Crippen LogP contribution in [0.2, 0.25) is 0 Å². The van der Waals surface area contributed by atoms with E-state index in [2.05, 4.69) is 5.32 Å². The molecule has 1 rings (SSSR count). The summed E-state index contributed by atoms with van der Waals surface area (Å²) in [5.41, 5.74) is -0.0282. The molecule has 0 aliphatic rings. The summed E-state index contributed by atoms with van der Waals surface area (Å²) in [6, 6.07) is 3.74. The summed E-state index contributed by atoms with van der Waals surface area (Å²) in [7, 11) is -4.09. The highest BCUT2D eigenvalue weighted by atomic mass is 32.2. The van der Waals surface area contributed by atoms with Crippen LogP contribution in [0.3, 0.4) is 0 Å². The van der Waals surface area contributed by atoms with E-state index in [1.807, 2.05) is 6.92 Å². The molecule has 0 fully saturated rings. The molecule has 7 nitrogen and oxygen atoms in total. The van der Waals surface area contributed by atoms with Crippen LogP contribution in [-0.4, -0.2) is 19.9 Å². The van der Waals surface area contributed by atoms with E-state index in [1.54, 1.807) is 0 Å². The lowest BCUT2D eigenvalue weighted by molar-refractivity contribution is -0.387. The van der Waals surface area contributed by atoms with Crippen LogP contribution in [0.4, 0.5) is 11.4 Å². The van der Waals surface area contributed by atoms with E-state index >= 15 is 0 Å². The normalized spacial score (nSPS) is 11.2. The van der Waals surface area contributed by atoms with Crippen molar-refractivity contribution in [1.29, 1.82) is 0 Å². The van der Waals surface area contributed by atoms with Gasteiger partial charge in [0.05, 0.1) is 4.92 Å². The molecule has 0 amide bonds. The van der Waals surface area contributed by atoms with Crippen LogP contribution in [0.25, 0.3) is 0 Å². The molecule has 1 aromatic carbocycles. The van der Waals surface area contributed by atoms with Crippen LogP contribution in [0.5, 0.6) is 0 Å². The second-order valence-electron chi connectivity index (χ2n) is 3.41. The molecule has 17 heavy (non-hydrogen) atoms. The Morgan fingerprint density at radius 1 is 1.47 bits per heavy atom. The number of nitrogens with zero attached hydrogens (tertiary/aromatic N) is 1. The highest BCUT2D eigenvalue weighted by Gasteiger charge is 2.22. The third-order valence-corrected chi connectivity index (χ3v) is 3.00. The molecule has 0 spiro atoms. The molecule has 0 aromatic heterocycles. The lowest BCUT2D eigenvalue weighted by atomic mass is 10.2. The van der Waals surface area contributed by atoms with Crippen LogP contribution >= 0.6 is 0 Å². The minimum Gasteiger partial charge on any atom is -0.385 e. The summed E-state index contributed by atoms with van der Waals surface area (Å²) in [5, 5.41) is 18.6.